The Morgan fingerprint density at radius 2 is 1.13 bits per heavy atom. The zero-order valence-corrected chi connectivity index (χ0v) is 28.1. The van der Waals surface area contributed by atoms with Crippen molar-refractivity contribution < 1.29 is 18.1 Å². The van der Waals surface area contributed by atoms with Gasteiger partial charge in [-0.05, 0) is 63.2 Å². The number of furan rings is 1. The van der Waals surface area contributed by atoms with Crippen molar-refractivity contribution in [2.75, 3.05) is 0 Å². The molecular formula is C48H33N3O. The van der Waals surface area contributed by atoms with E-state index in [0.29, 0.717) is 39.4 Å². The zero-order valence-electron chi connectivity index (χ0n) is 38.1. The van der Waals surface area contributed by atoms with Crippen molar-refractivity contribution in [3.63, 3.8) is 0 Å². The number of aromatic nitrogens is 3. The number of hydrogen-bond donors (Lipinski definition) is 0. The Hall–Kier alpha value is -6.65. The Morgan fingerprint density at radius 1 is 0.481 bits per heavy atom. The second-order valence-electron chi connectivity index (χ2n) is 13.3. The van der Waals surface area contributed by atoms with E-state index >= 15 is 0 Å². The van der Waals surface area contributed by atoms with Crippen molar-refractivity contribution in [3.05, 3.63) is 175 Å². The molecule has 0 spiro atoms. The van der Waals surface area contributed by atoms with Gasteiger partial charge in [-0.1, -0.05) is 153 Å². The summed E-state index contributed by atoms with van der Waals surface area (Å²) in [4.78, 5) is 15.1. The van der Waals surface area contributed by atoms with Crippen molar-refractivity contribution in [3.8, 4) is 67.5 Å². The van der Waals surface area contributed by atoms with Crippen LogP contribution in [0, 0.1) is 0 Å². The quantitative estimate of drug-likeness (QED) is 0.182. The second-order valence-corrected chi connectivity index (χ2v) is 13.3. The van der Waals surface area contributed by atoms with Gasteiger partial charge < -0.3 is 4.42 Å². The van der Waals surface area contributed by atoms with Crippen molar-refractivity contribution in [1.29, 1.82) is 0 Å². The first-order chi connectivity index (χ1) is 29.7. The topological polar surface area (TPSA) is 51.8 Å². The van der Waals surface area contributed by atoms with Gasteiger partial charge in [-0.2, -0.15) is 0 Å². The minimum absolute atomic E-state index is 0.0917. The first-order valence-corrected chi connectivity index (χ1v) is 16.9. The summed E-state index contributed by atoms with van der Waals surface area (Å²) in [6.07, 6.45) is 0. The molecule has 4 heteroatoms. The summed E-state index contributed by atoms with van der Waals surface area (Å²) >= 11 is 0. The van der Waals surface area contributed by atoms with Crippen LogP contribution in [0.2, 0.25) is 0 Å². The predicted octanol–water partition coefficient (Wildman–Crippen LogP) is 12.4. The Labute approximate surface area is 316 Å². The highest BCUT2D eigenvalue weighted by molar-refractivity contribution is 6.12. The molecule has 0 aliphatic heterocycles. The molecule has 7 aromatic carbocycles. The molecular weight excluding hydrogens is 635 g/mol. The molecule has 4 nitrogen and oxygen atoms in total. The lowest BCUT2D eigenvalue weighted by molar-refractivity contribution is 0.660. The van der Waals surface area contributed by atoms with Crippen LogP contribution in [0.3, 0.4) is 0 Å². The third kappa shape index (κ3) is 4.79. The second kappa shape index (κ2) is 11.7. The van der Waals surface area contributed by atoms with E-state index in [1.807, 2.05) is 54.6 Å². The summed E-state index contributed by atoms with van der Waals surface area (Å²) in [5, 5.41) is 0.990. The summed E-state index contributed by atoms with van der Waals surface area (Å²) in [5.74, 6) is 1.31. The third-order valence-electron chi connectivity index (χ3n) is 9.90. The lowest BCUT2D eigenvalue weighted by atomic mass is 9.82. The molecule has 0 atom stereocenters. The largest absolute Gasteiger partial charge is 0.455 e. The normalized spacial score (nSPS) is 15.7. The fourth-order valence-corrected chi connectivity index (χ4v) is 7.41. The lowest BCUT2D eigenvalue weighted by Crippen LogP contribution is -2.14. The van der Waals surface area contributed by atoms with Crippen LogP contribution in [0.1, 0.15) is 38.7 Å². The van der Waals surface area contributed by atoms with Crippen LogP contribution < -0.4 is 0 Å². The van der Waals surface area contributed by atoms with Gasteiger partial charge in [-0.15, -0.1) is 0 Å². The van der Waals surface area contributed by atoms with Gasteiger partial charge in [-0.3, -0.25) is 0 Å². The highest BCUT2D eigenvalue weighted by Crippen LogP contribution is 2.51. The number of nitrogens with zero attached hydrogens (tertiary/aromatic N) is 3. The fraction of sp³-hybridized carbons (Fsp3) is 0.0625. The highest BCUT2D eigenvalue weighted by atomic mass is 16.3. The molecule has 0 unspecified atom stereocenters. The first-order valence-electron chi connectivity index (χ1n) is 21.9. The average molecular weight is 678 g/mol. The number of fused-ring (bicyclic) bond motifs is 6. The van der Waals surface area contributed by atoms with Crippen LogP contribution in [-0.4, -0.2) is 15.0 Å². The molecule has 0 amide bonds. The van der Waals surface area contributed by atoms with E-state index in [1.54, 1.807) is 18.2 Å². The molecule has 2 aromatic heterocycles. The SMILES string of the molecule is [2H]c1c([2H])c([2H])c(-c2cc(-c3c([2H])c([2H])c([2H])c([2H])c3[2H])c3oc4cc(-c5nc(-c6ccccc6)nc(-c6cccc7c6-c6ccccc6C7(C)C)n5)ccc4c3c2)c([2H])c1[2H]. The van der Waals surface area contributed by atoms with E-state index in [0.717, 1.165) is 22.3 Å². The molecule has 9 aromatic rings. The Balaban J connectivity index is 1.23. The van der Waals surface area contributed by atoms with Gasteiger partial charge in [-0.25, -0.2) is 15.0 Å². The summed E-state index contributed by atoms with van der Waals surface area (Å²) in [5.41, 5.74) is 7.07. The van der Waals surface area contributed by atoms with Gasteiger partial charge in [0.05, 0.1) is 13.7 Å². The van der Waals surface area contributed by atoms with Crippen LogP contribution in [0.5, 0.6) is 0 Å². The smallest absolute Gasteiger partial charge is 0.164 e. The van der Waals surface area contributed by atoms with Crippen LogP contribution in [0.15, 0.2) is 168 Å². The van der Waals surface area contributed by atoms with Crippen LogP contribution >= 0.6 is 0 Å². The molecule has 0 saturated carbocycles. The van der Waals surface area contributed by atoms with Crippen molar-refractivity contribution in [2.45, 2.75) is 19.3 Å². The van der Waals surface area contributed by atoms with Gasteiger partial charge in [0.25, 0.3) is 0 Å². The Morgan fingerprint density at radius 3 is 1.92 bits per heavy atom. The van der Waals surface area contributed by atoms with E-state index < -0.39 is 60.4 Å². The maximum Gasteiger partial charge on any atom is 0.164 e. The molecule has 0 saturated heterocycles. The fourth-order valence-electron chi connectivity index (χ4n) is 7.41. The molecule has 52 heavy (non-hydrogen) atoms. The third-order valence-corrected chi connectivity index (χ3v) is 9.90. The standard InChI is InChI=1S/C48H33N3O/c1-48(2)40-23-13-12-21-36(40)43-37(22-14-24-41(43)48)47-50-45(32-19-10-5-11-20-32)49-46(51-47)33-25-26-35-39-28-34(30-15-6-3-7-16-30)27-38(31-17-8-4-9-18-31)44(39)52-42(35)29-33/h3-29H,1-2H3/i3D,4D,6D,7D,8D,9D,15D,16D,17D,18D. The summed E-state index contributed by atoms with van der Waals surface area (Å²) < 4.78 is 91.9. The number of hydrogen-bond acceptors (Lipinski definition) is 4. The monoisotopic (exact) mass is 677 g/mol. The number of rotatable bonds is 5. The van der Waals surface area contributed by atoms with Crippen LogP contribution in [0.4, 0.5) is 0 Å². The van der Waals surface area contributed by atoms with E-state index in [-0.39, 0.29) is 33.3 Å². The molecule has 2 heterocycles. The van der Waals surface area contributed by atoms with E-state index in [2.05, 4.69) is 38.1 Å². The van der Waals surface area contributed by atoms with E-state index in [9.17, 15) is 0 Å². The molecule has 0 bridgehead atoms. The molecule has 1 aliphatic carbocycles. The highest BCUT2D eigenvalue weighted by Gasteiger charge is 2.37. The molecule has 0 N–H and O–H groups in total. The van der Waals surface area contributed by atoms with Crippen LogP contribution in [0.25, 0.3) is 89.5 Å². The van der Waals surface area contributed by atoms with E-state index in [4.69, 9.17) is 33.1 Å². The maximum atomic E-state index is 8.88. The maximum absolute atomic E-state index is 8.88. The summed E-state index contributed by atoms with van der Waals surface area (Å²) in [6.45, 7) is 4.43. The first kappa shape index (κ1) is 21.5. The Kier molecular flexibility index (Phi) is 4.85. The minimum Gasteiger partial charge on any atom is -0.455 e. The van der Waals surface area contributed by atoms with Gasteiger partial charge in [0.2, 0.25) is 0 Å². The predicted molar refractivity (Wildman–Crippen MR) is 212 cm³/mol. The average Bonchev–Trinajstić information content (AvgIpc) is 3.78. The van der Waals surface area contributed by atoms with Gasteiger partial charge in [0.1, 0.15) is 11.2 Å². The molecule has 0 fully saturated rings. The molecule has 246 valence electrons. The Bertz CT molecular complexity index is 3340. The zero-order chi connectivity index (χ0) is 43.5. The molecule has 10 rings (SSSR count). The van der Waals surface area contributed by atoms with Crippen LogP contribution in [-0.2, 0) is 5.41 Å². The lowest BCUT2D eigenvalue weighted by Gasteiger charge is -2.21. The van der Waals surface area contributed by atoms with Gasteiger partial charge in [0.15, 0.2) is 17.5 Å². The van der Waals surface area contributed by atoms with Gasteiger partial charge in [0, 0.05) is 38.4 Å². The minimum atomic E-state index is -0.573. The summed E-state index contributed by atoms with van der Waals surface area (Å²) in [7, 11) is 0. The van der Waals surface area contributed by atoms with E-state index in [1.165, 1.54) is 17.2 Å². The van der Waals surface area contributed by atoms with Crippen molar-refractivity contribution in [2.24, 2.45) is 0 Å². The molecule has 0 radical (unpaired) electrons. The molecule has 1 aliphatic rings. The van der Waals surface area contributed by atoms with Crippen molar-refractivity contribution >= 4 is 21.9 Å². The number of benzene rings is 7. The van der Waals surface area contributed by atoms with Crippen molar-refractivity contribution in [1.82, 2.24) is 15.0 Å². The van der Waals surface area contributed by atoms with Gasteiger partial charge >= 0.3 is 0 Å². The summed E-state index contributed by atoms with van der Waals surface area (Å²) in [6, 6.07) is 27.5.